The molecule has 29 heavy (non-hydrogen) atoms. The average Bonchev–Trinajstić information content (AvgIpc) is 2.94. The van der Waals surface area contributed by atoms with Crippen LogP contribution in [0.15, 0.2) is 16.8 Å². The van der Waals surface area contributed by atoms with Crippen LogP contribution in [-0.4, -0.2) is 39.9 Å². The normalized spacial score (nSPS) is 45.0. The van der Waals surface area contributed by atoms with E-state index in [1.807, 2.05) is 0 Å². The van der Waals surface area contributed by atoms with Crippen molar-refractivity contribution in [2.45, 2.75) is 77.7 Å². The number of fused-ring (bicyclic) bond motifs is 5. The maximum Gasteiger partial charge on any atom is 0.344 e. The number of allylic oxidation sites excluding steroid dienone is 2. The average molecular weight is 404 g/mol. The minimum absolute atomic E-state index is 0.0663. The Kier molecular flexibility index (Phi) is 4.92. The fourth-order valence-corrected chi connectivity index (χ4v) is 7.41. The lowest BCUT2D eigenvalue weighted by Crippen LogP contribution is -2.57. The van der Waals surface area contributed by atoms with Gasteiger partial charge in [-0.25, -0.2) is 4.79 Å². The second-order valence-corrected chi connectivity index (χ2v) is 10.2. The van der Waals surface area contributed by atoms with Crippen molar-refractivity contribution < 1.29 is 24.6 Å². The predicted molar refractivity (Wildman–Crippen MR) is 108 cm³/mol. The largest absolute Gasteiger partial charge is 0.479 e. The lowest BCUT2D eigenvalue weighted by Gasteiger charge is -2.59. The minimum Gasteiger partial charge on any atom is -0.479 e. The van der Waals surface area contributed by atoms with Crippen LogP contribution in [-0.2, 0) is 14.4 Å². The Balaban J connectivity index is 1.57. The highest BCUT2D eigenvalue weighted by atomic mass is 16.6. The first-order chi connectivity index (χ1) is 13.6. The molecule has 6 heteroatoms. The van der Waals surface area contributed by atoms with Gasteiger partial charge in [-0.15, -0.1) is 0 Å². The van der Waals surface area contributed by atoms with Gasteiger partial charge in [0.2, 0.25) is 6.61 Å². The molecule has 0 aliphatic heterocycles. The molecule has 0 saturated heterocycles. The van der Waals surface area contributed by atoms with Crippen LogP contribution in [0.4, 0.5) is 0 Å². The molecular weight excluding hydrogens is 370 g/mol. The SMILES string of the molecule is CC(=O)[C@@]1(O)CC[C@@H]2[C@H]3CCC4=CC(=NOCC(=O)O)CC[C@]4(C)[C@@H]3CC[C@@]21C. The number of aliphatic hydroxyl groups is 1. The minimum atomic E-state index is -1.16. The van der Waals surface area contributed by atoms with E-state index in [4.69, 9.17) is 9.94 Å². The number of aliphatic carboxylic acids is 1. The van der Waals surface area contributed by atoms with Crippen molar-refractivity contribution in [1.29, 1.82) is 0 Å². The number of carboxylic acid groups (broad SMARTS) is 1. The maximum atomic E-state index is 12.3. The summed E-state index contributed by atoms with van der Waals surface area (Å²) < 4.78 is 0. The van der Waals surface area contributed by atoms with E-state index in [0.29, 0.717) is 24.2 Å². The first kappa shape index (κ1) is 20.6. The second-order valence-electron chi connectivity index (χ2n) is 10.2. The molecule has 160 valence electrons. The van der Waals surface area contributed by atoms with Crippen molar-refractivity contribution in [3.05, 3.63) is 11.6 Å². The molecule has 0 spiro atoms. The smallest absolute Gasteiger partial charge is 0.344 e. The molecule has 4 aliphatic rings. The lowest BCUT2D eigenvalue weighted by atomic mass is 9.46. The molecule has 0 aromatic heterocycles. The number of carbonyl (C=O) groups is 2. The predicted octanol–water partition coefficient (Wildman–Crippen LogP) is 3.73. The number of hydrogen-bond acceptors (Lipinski definition) is 5. The Morgan fingerprint density at radius 2 is 1.86 bits per heavy atom. The Bertz CT molecular complexity index is 788. The van der Waals surface area contributed by atoms with Crippen LogP contribution in [0.5, 0.6) is 0 Å². The molecule has 0 bridgehead atoms. The quantitative estimate of drug-likeness (QED) is 0.697. The first-order valence-electron chi connectivity index (χ1n) is 11.0. The summed E-state index contributed by atoms with van der Waals surface area (Å²) in [6.07, 6.45) is 9.50. The van der Waals surface area contributed by atoms with Crippen molar-refractivity contribution in [2.75, 3.05) is 6.61 Å². The Morgan fingerprint density at radius 3 is 2.55 bits per heavy atom. The number of carbonyl (C=O) groups excluding carboxylic acids is 1. The maximum absolute atomic E-state index is 12.3. The zero-order chi connectivity index (χ0) is 21.0. The van der Waals surface area contributed by atoms with Gasteiger partial charge in [-0.05, 0) is 87.5 Å². The van der Waals surface area contributed by atoms with Crippen molar-refractivity contribution >= 4 is 17.5 Å². The summed E-state index contributed by atoms with van der Waals surface area (Å²) in [5.74, 6) is 0.434. The summed E-state index contributed by atoms with van der Waals surface area (Å²) >= 11 is 0. The molecule has 0 unspecified atom stereocenters. The summed E-state index contributed by atoms with van der Waals surface area (Å²) in [7, 11) is 0. The Morgan fingerprint density at radius 1 is 1.14 bits per heavy atom. The highest BCUT2D eigenvalue weighted by Gasteiger charge is 2.65. The summed E-state index contributed by atoms with van der Waals surface area (Å²) in [6, 6.07) is 0. The lowest BCUT2D eigenvalue weighted by molar-refractivity contribution is -0.159. The van der Waals surface area contributed by atoms with Gasteiger partial charge in [0.05, 0.1) is 5.71 Å². The number of Topliss-reactive ketones (excluding diaryl/α,β-unsaturated/α-hetero) is 1. The molecule has 0 amide bonds. The zero-order valence-electron chi connectivity index (χ0n) is 17.7. The van der Waals surface area contributed by atoms with Gasteiger partial charge in [0.25, 0.3) is 0 Å². The van der Waals surface area contributed by atoms with Gasteiger partial charge in [0.1, 0.15) is 5.60 Å². The van der Waals surface area contributed by atoms with Crippen LogP contribution in [0.3, 0.4) is 0 Å². The van der Waals surface area contributed by atoms with E-state index in [1.54, 1.807) is 6.92 Å². The zero-order valence-corrected chi connectivity index (χ0v) is 17.7. The molecular formula is C23H33NO5. The molecule has 6 atom stereocenters. The molecule has 0 radical (unpaired) electrons. The number of carboxylic acids is 1. The Labute approximate surface area is 172 Å². The topological polar surface area (TPSA) is 96.2 Å². The van der Waals surface area contributed by atoms with Gasteiger partial charge in [0, 0.05) is 5.41 Å². The molecule has 6 nitrogen and oxygen atoms in total. The third-order valence-corrected chi connectivity index (χ3v) is 9.08. The van der Waals surface area contributed by atoms with Gasteiger partial charge in [-0.2, -0.15) is 0 Å². The number of hydrogen-bond donors (Lipinski definition) is 2. The molecule has 0 heterocycles. The highest BCUT2D eigenvalue weighted by Crippen LogP contribution is 2.67. The van der Waals surface area contributed by atoms with Crippen LogP contribution in [0.25, 0.3) is 0 Å². The van der Waals surface area contributed by atoms with Crippen LogP contribution < -0.4 is 0 Å². The van der Waals surface area contributed by atoms with Crippen LogP contribution in [0.1, 0.15) is 72.1 Å². The fourth-order valence-electron chi connectivity index (χ4n) is 7.41. The van der Waals surface area contributed by atoms with Crippen molar-refractivity contribution in [2.24, 2.45) is 33.7 Å². The van der Waals surface area contributed by atoms with Crippen molar-refractivity contribution in [1.82, 2.24) is 0 Å². The van der Waals surface area contributed by atoms with Gasteiger partial charge in [-0.3, -0.25) is 4.79 Å². The van der Waals surface area contributed by atoms with Gasteiger partial charge in [0.15, 0.2) is 5.78 Å². The van der Waals surface area contributed by atoms with Gasteiger partial charge >= 0.3 is 5.97 Å². The molecule has 0 aromatic carbocycles. The van der Waals surface area contributed by atoms with Gasteiger partial charge in [-0.1, -0.05) is 24.6 Å². The van der Waals surface area contributed by atoms with Crippen LogP contribution >= 0.6 is 0 Å². The van der Waals surface area contributed by atoms with Crippen molar-refractivity contribution in [3.8, 4) is 0 Å². The second kappa shape index (κ2) is 6.93. The molecule has 4 aliphatic carbocycles. The fraction of sp³-hybridized carbons (Fsp3) is 0.783. The van der Waals surface area contributed by atoms with E-state index in [2.05, 4.69) is 25.1 Å². The molecule has 2 N–H and O–H groups in total. The molecule has 4 rings (SSSR count). The third kappa shape index (κ3) is 2.97. The summed E-state index contributed by atoms with van der Waals surface area (Å²) in [6.45, 7) is 5.67. The van der Waals surface area contributed by atoms with E-state index < -0.39 is 18.2 Å². The first-order valence-corrected chi connectivity index (χ1v) is 11.0. The third-order valence-electron chi connectivity index (χ3n) is 9.08. The van der Waals surface area contributed by atoms with Gasteiger partial charge < -0.3 is 15.1 Å². The number of ketones is 1. The van der Waals surface area contributed by atoms with E-state index >= 15 is 0 Å². The number of rotatable bonds is 4. The van der Waals surface area contributed by atoms with E-state index in [9.17, 15) is 14.7 Å². The summed E-state index contributed by atoms with van der Waals surface area (Å²) in [5.41, 5.74) is 0.903. The van der Waals surface area contributed by atoms with E-state index in [1.165, 1.54) is 5.57 Å². The number of oxime groups is 1. The highest BCUT2D eigenvalue weighted by molar-refractivity contribution is 5.96. The molecule has 3 fully saturated rings. The van der Waals surface area contributed by atoms with Crippen LogP contribution in [0, 0.1) is 28.6 Å². The van der Waals surface area contributed by atoms with E-state index in [-0.39, 0.29) is 16.6 Å². The summed E-state index contributed by atoms with van der Waals surface area (Å²) in [5, 5.41) is 24.0. The molecule has 0 aromatic rings. The monoisotopic (exact) mass is 403 g/mol. The number of nitrogens with zero attached hydrogens (tertiary/aromatic N) is 1. The van der Waals surface area contributed by atoms with E-state index in [0.717, 1.165) is 50.7 Å². The molecule has 3 saturated carbocycles. The van der Waals surface area contributed by atoms with Crippen LogP contribution in [0.2, 0.25) is 0 Å². The standard InChI is InChI=1S/C23H33NO5/c1-14(25)23(28)11-8-19-17-5-4-15-12-16(24-29-13-20(26)27)6-9-21(15,2)18(17)7-10-22(19,23)3/h12,17-19,28H,4-11,13H2,1-3H3,(H,26,27)/t17-,18+,19+,21-,22-,23-/m0/s1. The Hall–Kier alpha value is -1.69. The summed E-state index contributed by atoms with van der Waals surface area (Å²) in [4.78, 5) is 27.9. The van der Waals surface area contributed by atoms with Crippen molar-refractivity contribution in [3.63, 3.8) is 0 Å².